The van der Waals surface area contributed by atoms with Crippen molar-refractivity contribution in [3.63, 3.8) is 0 Å². The molecule has 0 bridgehead atoms. The largest absolute Gasteiger partial charge is 0.496 e. The van der Waals surface area contributed by atoms with E-state index in [0.717, 1.165) is 0 Å². The lowest BCUT2D eigenvalue weighted by Gasteiger charge is -2.09. The molecule has 0 unspecified atom stereocenters. The highest BCUT2D eigenvalue weighted by Crippen LogP contribution is 2.26. The fourth-order valence-electron chi connectivity index (χ4n) is 1.33. The van der Waals surface area contributed by atoms with Gasteiger partial charge in [-0.2, -0.15) is 0 Å². The van der Waals surface area contributed by atoms with E-state index in [1.165, 1.54) is 25.3 Å². The van der Waals surface area contributed by atoms with Crippen LogP contribution in [0.5, 0.6) is 5.75 Å². The summed E-state index contributed by atoms with van der Waals surface area (Å²) in [6, 6.07) is 3.98. The van der Waals surface area contributed by atoms with E-state index in [1.807, 2.05) is 0 Å². The lowest BCUT2D eigenvalue weighted by Crippen LogP contribution is -2.06. The molecule has 0 aliphatic rings. The molecule has 0 amide bonds. The van der Waals surface area contributed by atoms with Crippen LogP contribution in [-0.4, -0.2) is 18.8 Å². The van der Waals surface area contributed by atoms with E-state index in [4.69, 9.17) is 16.3 Å². The molecule has 0 spiro atoms. The molecule has 1 aromatic rings. The van der Waals surface area contributed by atoms with Crippen molar-refractivity contribution in [2.24, 2.45) is 0 Å². The predicted octanol–water partition coefficient (Wildman–Crippen LogP) is 2.98. The van der Waals surface area contributed by atoms with Gasteiger partial charge in [-0.25, -0.2) is 8.78 Å². The Labute approximate surface area is 97.2 Å². The summed E-state index contributed by atoms with van der Waals surface area (Å²) < 4.78 is 29.9. The van der Waals surface area contributed by atoms with Gasteiger partial charge in [0, 0.05) is 17.5 Å². The molecule has 0 aliphatic carbocycles. The molecule has 1 rings (SSSR count). The molecule has 16 heavy (non-hydrogen) atoms. The first-order valence-electron chi connectivity index (χ1n) is 4.61. The highest BCUT2D eigenvalue weighted by molar-refractivity contribution is 6.27. The molecule has 0 aromatic heterocycles. The van der Waals surface area contributed by atoms with E-state index in [1.54, 1.807) is 0 Å². The average Bonchev–Trinajstić information content (AvgIpc) is 2.28. The number of carbonyl (C=O) groups excluding carboxylic acids is 1. The van der Waals surface area contributed by atoms with E-state index in [0.29, 0.717) is 11.3 Å². The number of methoxy groups -OCH3 is 1. The van der Waals surface area contributed by atoms with E-state index < -0.39 is 6.43 Å². The summed E-state index contributed by atoms with van der Waals surface area (Å²) in [7, 11) is 1.42. The lowest BCUT2D eigenvalue weighted by atomic mass is 10.1. The van der Waals surface area contributed by atoms with Gasteiger partial charge in [0.15, 0.2) is 5.78 Å². The standard InChI is InChI=1S/C11H11ClF2O2/c1-16-10-3-2-7(11(13)14)4-8(10)5-9(15)6-12/h2-4,11H,5-6H2,1H3. The minimum Gasteiger partial charge on any atom is -0.496 e. The molecule has 0 fully saturated rings. The molecule has 88 valence electrons. The van der Waals surface area contributed by atoms with Crippen molar-refractivity contribution < 1.29 is 18.3 Å². The summed E-state index contributed by atoms with van der Waals surface area (Å²) >= 11 is 5.36. The van der Waals surface area contributed by atoms with Gasteiger partial charge in [0.1, 0.15) is 5.75 Å². The summed E-state index contributed by atoms with van der Waals surface area (Å²) in [6.07, 6.45) is -2.55. The zero-order chi connectivity index (χ0) is 12.1. The van der Waals surface area contributed by atoms with Gasteiger partial charge in [0.2, 0.25) is 0 Å². The summed E-state index contributed by atoms with van der Waals surface area (Å²) in [5.41, 5.74) is 0.309. The number of benzene rings is 1. The van der Waals surface area contributed by atoms with Crippen LogP contribution >= 0.6 is 11.6 Å². The molecule has 0 atom stereocenters. The Morgan fingerprint density at radius 3 is 2.69 bits per heavy atom. The molecule has 0 aliphatic heterocycles. The third-order valence-corrected chi connectivity index (χ3v) is 2.39. The molecule has 0 radical (unpaired) electrons. The number of ketones is 1. The van der Waals surface area contributed by atoms with E-state index in [9.17, 15) is 13.6 Å². The van der Waals surface area contributed by atoms with Crippen LogP contribution in [0, 0.1) is 0 Å². The van der Waals surface area contributed by atoms with Crippen molar-refractivity contribution in [3.05, 3.63) is 29.3 Å². The van der Waals surface area contributed by atoms with Crippen molar-refractivity contribution in [2.75, 3.05) is 13.0 Å². The number of alkyl halides is 3. The maximum atomic E-state index is 12.5. The van der Waals surface area contributed by atoms with E-state index >= 15 is 0 Å². The van der Waals surface area contributed by atoms with Gasteiger partial charge in [-0.1, -0.05) is 0 Å². The van der Waals surface area contributed by atoms with Crippen molar-refractivity contribution >= 4 is 17.4 Å². The number of ether oxygens (including phenoxy) is 1. The molecule has 2 nitrogen and oxygen atoms in total. The van der Waals surface area contributed by atoms with Crippen LogP contribution in [0.1, 0.15) is 17.6 Å². The number of halogens is 3. The zero-order valence-electron chi connectivity index (χ0n) is 8.67. The third-order valence-electron chi connectivity index (χ3n) is 2.09. The van der Waals surface area contributed by atoms with Gasteiger partial charge in [-0.3, -0.25) is 4.79 Å². The quantitative estimate of drug-likeness (QED) is 0.749. The van der Waals surface area contributed by atoms with Gasteiger partial charge in [-0.05, 0) is 18.2 Å². The second kappa shape index (κ2) is 5.80. The monoisotopic (exact) mass is 248 g/mol. The van der Waals surface area contributed by atoms with Crippen LogP contribution in [0.25, 0.3) is 0 Å². The highest BCUT2D eigenvalue weighted by Gasteiger charge is 2.13. The summed E-state index contributed by atoms with van der Waals surface area (Å²) in [6.45, 7) is 0. The maximum absolute atomic E-state index is 12.5. The molecular formula is C11H11ClF2O2. The van der Waals surface area contributed by atoms with Crippen LogP contribution in [0.2, 0.25) is 0 Å². The third kappa shape index (κ3) is 3.17. The van der Waals surface area contributed by atoms with E-state index in [2.05, 4.69) is 0 Å². The molecule has 1 aromatic carbocycles. The highest BCUT2D eigenvalue weighted by atomic mass is 35.5. The lowest BCUT2D eigenvalue weighted by molar-refractivity contribution is -0.116. The first-order chi connectivity index (χ1) is 7.58. The SMILES string of the molecule is COc1ccc(C(F)F)cc1CC(=O)CCl. The summed E-state index contributed by atoms with van der Waals surface area (Å²) in [5, 5.41) is 0. The molecule has 0 saturated heterocycles. The fourth-order valence-corrected chi connectivity index (χ4v) is 1.43. The second-order valence-electron chi connectivity index (χ2n) is 3.22. The average molecular weight is 249 g/mol. The Morgan fingerprint density at radius 1 is 1.50 bits per heavy atom. The van der Waals surface area contributed by atoms with Crippen LogP contribution in [0.15, 0.2) is 18.2 Å². The first kappa shape index (κ1) is 12.9. The van der Waals surface area contributed by atoms with Crippen molar-refractivity contribution in [3.8, 4) is 5.75 Å². The topological polar surface area (TPSA) is 26.3 Å². The van der Waals surface area contributed by atoms with E-state index in [-0.39, 0.29) is 23.6 Å². The molecule has 5 heteroatoms. The van der Waals surface area contributed by atoms with Crippen LogP contribution in [0.4, 0.5) is 8.78 Å². The maximum Gasteiger partial charge on any atom is 0.263 e. The Morgan fingerprint density at radius 2 is 2.19 bits per heavy atom. The van der Waals surface area contributed by atoms with Crippen LogP contribution < -0.4 is 4.74 Å². The van der Waals surface area contributed by atoms with Gasteiger partial charge >= 0.3 is 0 Å². The molecule has 0 N–H and O–H groups in total. The summed E-state index contributed by atoms with van der Waals surface area (Å²) in [4.78, 5) is 11.2. The minimum absolute atomic E-state index is 0.00718. The zero-order valence-corrected chi connectivity index (χ0v) is 9.43. The van der Waals surface area contributed by atoms with Gasteiger partial charge in [0.05, 0.1) is 13.0 Å². The smallest absolute Gasteiger partial charge is 0.263 e. The minimum atomic E-state index is -2.56. The number of Topliss-reactive ketones (excluding diaryl/α,β-unsaturated/α-hetero) is 1. The van der Waals surface area contributed by atoms with Crippen molar-refractivity contribution in [1.29, 1.82) is 0 Å². The fraction of sp³-hybridized carbons (Fsp3) is 0.364. The number of hydrogen-bond acceptors (Lipinski definition) is 2. The molecule has 0 saturated carbocycles. The van der Waals surface area contributed by atoms with Crippen molar-refractivity contribution in [1.82, 2.24) is 0 Å². The summed E-state index contributed by atoms with van der Waals surface area (Å²) in [5.74, 6) is 0.0523. The van der Waals surface area contributed by atoms with Crippen molar-refractivity contribution in [2.45, 2.75) is 12.8 Å². The Hall–Kier alpha value is -1.16. The van der Waals surface area contributed by atoms with Gasteiger partial charge in [-0.15, -0.1) is 11.6 Å². The predicted molar refractivity (Wildman–Crippen MR) is 57.4 cm³/mol. The Balaban J connectivity index is 3.02. The van der Waals surface area contributed by atoms with Gasteiger partial charge in [0.25, 0.3) is 6.43 Å². The number of rotatable bonds is 5. The Bertz CT molecular complexity index is 380. The first-order valence-corrected chi connectivity index (χ1v) is 5.14. The Kier molecular flexibility index (Phi) is 4.68. The number of hydrogen-bond donors (Lipinski definition) is 0. The molecular weight excluding hydrogens is 238 g/mol. The van der Waals surface area contributed by atoms with Crippen LogP contribution in [-0.2, 0) is 11.2 Å². The normalized spacial score (nSPS) is 10.6. The van der Waals surface area contributed by atoms with Gasteiger partial charge < -0.3 is 4.74 Å². The van der Waals surface area contributed by atoms with Crippen LogP contribution in [0.3, 0.4) is 0 Å². The second-order valence-corrected chi connectivity index (χ2v) is 3.49. The number of carbonyl (C=O) groups is 1. The molecule has 0 heterocycles.